The Kier molecular flexibility index (Phi) is 4.92. The van der Waals surface area contributed by atoms with Crippen molar-refractivity contribution in [1.82, 2.24) is 9.38 Å². The summed E-state index contributed by atoms with van der Waals surface area (Å²) in [5.41, 5.74) is 3.81. The first kappa shape index (κ1) is 20.5. The molecule has 3 aromatic rings. The molecule has 1 aliphatic carbocycles. The van der Waals surface area contributed by atoms with Gasteiger partial charge in [0.25, 0.3) is 5.56 Å². The van der Waals surface area contributed by atoms with Crippen LogP contribution in [0.1, 0.15) is 52.9 Å². The van der Waals surface area contributed by atoms with Crippen LogP contribution in [0.25, 0.3) is 5.65 Å². The third-order valence-corrected chi connectivity index (χ3v) is 6.88. The van der Waals surface area contributed by atoms with Gasteiger partial charge in [-0.1, -0.05) is 12.1 Å². The number of hydrogen-bond acceptors (Lipinski definition) is 5. The molecule has 3 aliphatic rings. The maximum absolute atomic E-state index is 13.3. The van der Waals surface area contributed by atoms with Gasteiger partial charge in [-0.2, -0.15) is 0 Å². The molecular weight excluding hydrogens is 404 g/mol. The van der Waals surface area contributed by atoms with Crippen molar-refractivity contribution < 1.29 is 9.90 Å². The van der Waals surface area contributed by atoms with Gasteiger partial charge in [-0.25, -0.2) is 9.78 Å². The summed E-state index contributed by atoms with van der Waals surface area (Å²) in [4.78, 5) is 32.2. The lowest BCUT2D eigenvalue weighted by molar-refractivity contribution is 0.0698. The van der Waals surface area contributed by atoms with Crippen molar-refractivity contribution >= 4 is 23.1 Å². The summed E-state index contributed by atoms with van der Waals surface area (Å²) in [6.45, 7) is 7.70. The van der Waals surface area contributed by atoms with Gasteiger partial charge in [-0.3, -0.25) is 9.20 Å². The van der Waals surface area contributed by atoms with E-state index < -0.39 is 5.97 Å². The predicted octanol–water partition coefficient (Wildman–Crippen LogP) is 4.03. The SMILES string of the molecule is Cc1cc(C(C)Nc2ccccc2C(=O)O)c2nc(N3CC4CC(C4)C3)c(C)c(=O)n2c1. The molecule has 6 rings (SSSR count). The number of rotatable bonds is 5. The minimum Gasteiger partial charge on any atom is -0.478 e. The number of carbonyl (C=O) groups is 1. The van der Waals surface area contributed by atoms with Gasteiger partial charge in [-0.05, 0) is 69.2 Å². The lowest BCUT2D eigenvalue weighted by Gasteiger charge is -2.47. The third kappa shape index (κ3) is 3.42. The molecule has 0 spiro atoms. The molecule has 7 heteroatoms. The zero-order chi connectivity index (χ0) is 22.6. The van der Waals surface area contributed by atoms with Crippen LogP contribution in [-0.2, 0) is 0 Å². The molecule has 1 saturated carbocycles. The molecule has 1 atom stereocenters. The fourth-order valence-electron chi connectivity index (χ4n) is 5.26. The smallest absolute Gasteiger partial charge is 0.337 e. The van der Waals surface area contributed by atoms with Crippen LogP contribution in [0.4, 0.5) is 11.5 Å². The average molecular weight is 433 g/mol. The number of piperidine rings is 2. The van der Waals surface area contributed by atoms with Gasteiger partial charge in [0.1, 0.15) is 11.5 Å². The first-order valence-electron chi connectivity index (χ1n) is 11.2. The summed E-state index contributed by atoms with van der Waals surface area (Å²) in [7, 11) is 0. The molecule has 1 unspecified atom stereocenters. The van der Waals surface area contributed by atoms with Gasteiger partial charge in [0.05, 0.1) is 17.2 Å². The van der Waals surface area contributed by atoms with Crippen LogP contribution >= 0.6 is 0 Å². The molecule has 2 saturated heterocycles. The Bertz CT molecular complexity index is 1270. The van der Waals surface area contributed by atoms with E-state index in [-0.39, 0.29) is 17.2 Å². The van der Waals surface area contributed by atoms with Gasteiger partial charge in [0, 0.05) is 30.5 Å². The predicted molar refractivity (Wildman–Crippen MR) is 125 cm³/mol. The minimum atomic E-state index is -0.981. The van der Waals surface area contributed by atoms with Crippen LogP contribution in [0.3, 0.4) is 0 Å². The van der Waals surface area contributed by atoms with Gasteiger partial charge >= 0.3 is 5.97 Å². The van der Waals surface area contributed by atoms with Gasteiger partial charge in [0.2, 0.25) is 0 Å². The largest absolute Gasteiger partial charge is 0.478 e. The molecular formula is C25H28N4O3. The molecule has 2 N–H and O–H groups in total. The number of aryl methyl sites for hydroxylation is 1. The van der Waals surface area contributed by atoms with Gasteiger partial charge < -0.3 is 15.3 Å². The van der Waals surface area contributed by atoms with Crippen molar-refractivity contribution in [1.29, 1.82) is 0 Å². The number of anilines is 2. The van der Waals surface area contributed by atoms with E-state index in [0.29, 0.717) is 28.7 Å². The first-order valence-corrected chi connectivity index (χ1v) is 11.2. The number of nitrogens with one attached hydrogen (secondary N) is 1. The third-order valence-electron chi connectivity index (χ3n) is 6.88. The number of aromatic nitrogens is 2. The molecule has 166 valence electrons. The fourth-order valence-corrected chi connectivity index (χ4v) is 5.26. The van der Waals surface area contributed by atoms with Gasteiger partial charge in [0.15, 0.2) is 0 Å². The van der Waals surface area contributed by atoms with E-state index in [4.69, 9.17) is 4.98 Å². The number of para-hydroxylation sites is 1. The molecule has 7 nitrogen and oxygen atoms in total. The zero-order valence-electron chi connectivity index (χ0n) is 18.6. The Hall–Kier alpha value is -3.35. The molecule has 0 radical (unpaired) electrons. The highest BCUT2D eigenvalue weighted by Gasteiger charge is 2.38. The van der Waals surface area contributed by atoms with Crippen LogP contribution in [0.5, 0.6) is 0 Å². The second kappa shape index (κ2) is 7.65. The second-order valence-corrected chi connectivity index (χ2v) is 9.36. The number of nitrogens with zero attached hydrogens (tertiary/aromatic N) is 3. The van der Waals surface area contributed by atoms with Crippen LogP contribution in [0.2, 0.25) is 0 Å². The maximum Gasteiger partial charge on any atom is 0.337 e. The van der Waals surface area contributed by atoms with Crippen molar-refractivity contribution in [2.45, 2.75) is 39.7 Å². The summed E-state index contributed by atoms with van der Waals surface area (Å²) in [6.07, 6.45) is 4.41. The van der Waals surface area contributed by atoms with Crippen LogP contribution in [0.15, 0.2) is 41.3 Å². The fraction of sp³-hybridized carbons (Fsp3) is 0.400. The van der Waals surface area contributed by atoms with Crippen molar-refractivity contribution in [3.8, 4) is 0 Å². The standard InChI is InChI=1S/C25H28N4O3/c1-14-8-20(16(3)26-21-7-5-4-6-19(21)25(31)32)23-27-22(15(2)24(30)29(23)11-14)28-12-17-9-18(10-17)13-28/h4-8,11,16-18,26H,9-10,12-13H2,1-3H3,(H,31,32). The Morgan fingerprint density at radius 2 is 1.88 bits per heavy atom. The monoisotopic (exact) mass is 432 g/mol. The lowest BCUT2D eigenvalue weighted by atomic mass is 9.71. The van der Waals surface area contributed by atoms with E-state index >= 15 is 0 Å². The van der Waals surface area contributed by atoms with Crippen molar-refractivity contribution in [3.05, 3.63) is 69.1 Å². The summed E-state index contributed by atoms with van der Waals surface area (Å²) in [5, 5.41) is 12.9. The number of benzene rings is 1. The molecule has 32 heavy (non-hydrogen) atoms. The average Bonchev–Trinajstić information content (AvgIpc) is 2.75. The highest BCUT2D eigenvalue weighted by molar-refractivity contribution is 5.94. The van der Waals surface area contributed by atoms with Crippen LogP contribution in [0, 0.1) is 25.7 Å². The Balaban J connectivity index is 1.60. The highest BCUT2D eigenvalue weighted by atomic mass is 16.4. The number of pyridine rings is 1. The number of carboxylic acid groups (broad SMARTS) is 1. The van der Waals surface area contributed by atoms with Crippen molar-refractivity contribution in [3.63, 3.8) is 0 Å². The van der Waals surface area contributed by atoms with Crippen LogP contribution < -0.4 is 15.8 Å². The number of hydrogen-bond donors (Lipinski definition) is 2. The number of carboxylic acids is 1. The minimum absolute atomic E-state index is 0.0488. The van der Waals surface area contributed by atoms with Crippen LogP contribution in [-0.4, -0.2) is 33.6 Å². The second-order valence-electron chi connectivity index (χ2n) is 9.36. The van der Waals surface area contributed by atoms with E-state index in [9.17, 15) is 14.7 Å². The van der Waals surface area contributed by atoms with E-state index in [1.54, 1.807) is 22.6 Å². The quantitative estimate of drug-likeness (QED) is 0.633. The normalized spacial score (nSPS) is 20.7. The Morgan fingerprint density at radius 1 is 1.19 bits per heavy atom. The Labute approximate surface area is 186 Å². The van der Waals surface area contributed by atoms with E-state index in [0.717, 1.165) is 30.0 Å². The lowest BCUT2D eigenvalue weighted by Crippen LogP contribution is -2.49. The Morgan fingerprint density at radius 3 is 2.56 bits per heavy atom. The van der Waals surface area contributed by atoms with Crippen molar-refractivity contribution in [2.24, 2.45) is 11.8 Å². The topological polar surface area (TPSA) is 86.9 Å². The van der Waals surface area contributed by atoms with E-state index in [1.165, 1.54) is 12.8 Å². The molecule has 3 fully saturated rings. The van der Waals surface area contributed by atoms with E-state index in [2.05, 4.69) is 10.2 Å². The molecule has 1 aromatic carbocycles. The summed E-state index contributed by atoms with van der Waals surface area (Å²) in [6, 6.07) is 8.63. The molecule has 4 heterocycles. The van der Waals surface area contributed by atoms with Gasteiger partial charge in [-0.15, -0.1) is 0 Å². The number of aromatic carboxylic acids is 1. The summed E-state index contributed by atoms with van der Waals surface area (Å²) >= 11 is 0. The molecule has 2 aromatic heterocycles. The zero-order valence-corrected chi connectivity index (χ0v) is 18.6. The first-order chi connectivity index (χ1) is 15.3. The molecule has 2 bridgehead atoms. The maximum atomic E-state index is 13.3. The summed E-state index contributed by atoms with van der Waals surface area (Å²) < 4.78 is 1.63. The highest BCUT2D eigenvalue weighted by Crippen LogP contribution is 2.41. The van der Waals surface area contributed by atoms with Crippen molar-refractivity contribution in [2.75, 3.05) is 23.3 Å². The molecule has 0 amide bonds. The summed E-state index contributed by atoms with van der Waals surface area (Å²) in [5.74, 6) is 1.22. The number of fused-ring (bicyclic) bond motifs is 3. The van der Waals surface area contributed by atoms with E-state index in [1.807, 2.05) is 39.1 Å². The molecule has 2 aliphatic heterocycles.